The van der Waals surface area contributed by atoms with Gasteiger partial charge in [-0.15, -0.1) is 0 Å². The Hall–Kier alpha value is -1.95. The highest BCUT2D eigenvalue weighted by Gasteiger charge is 2.20. The van der Waals surface area contributed by atoms with E-state index in [9.17, 15) is 0 Å². The fourth-order valence-electron chi connectivity index (χ4n) is 3.07. The zero-order valence-electron chi connectivity index (χ0n) is 15.0. The van der Waals surface area contributed by atoms with E-state index in [4.69, 9.17) is 15.2 Å². The summed E-state index contributed by atoms with van der Waals surface area (Å²) in [4.78, 5) is 6.96. The lowest BCUT2D eigenvalue weighted by atomic mass is 10.2. The van der Waals surface area contributed by atoms with Crippen molar-refractivity contribution in [1.82, 2.24) is 10.2 Å². The second kappa shape index (κ2) is 9.37. The van der Waals surface area contributed by atoms with E-state index in [0.717, 1.165) is 18.5 Å². The lowest BCUT2D eigenvalue weighted by molar-refractivity contribution is 0.236. The summed E-state index contributed by atoms with van der Waals surface area (Å²) in [5.41, 5.74) is 7.05. The number of nitrogens with zero attached hydrogens (tertiary/aromatic N) is 2. The molecule has 3 N–H and O–H groups in total. The van der Waals surface area contributed by atoms with Crippen LogP contribution in [0.2, 0.25) is 0 Å². The van der Waals surface area contributed by atoms with Crippen molar-refractivity contribution in [2.24, 2.45) is 10.7 Å². The van der Waals surface area contributed by atoms with Gasteiger partial charge in [-0.2, -0.15) is 0 Å². The Kier molecular flexibility index (Phi) is 7.18. The molecule has 1 aromatic rings. The minimum absolute atomic E-state index is 0.488. The van der Waals surface area contributed by atoms with Gasteiger partial charge in [0.05, 0.1) is 20.8 Å². The molecule has 0 bridgehead atoms. The predicted octanol–water partition coefficient (Wildman–Crippen LogP) is 1.98. The third kappa shape index (κ3) is 5.03. The molecule has 0 amide bonds. The van der Waals surface area contributed by atoms with E-state index in [1.54, 1.807) is 14.2 Å². The van der Waals surface area contributed by atoms with Crippen LogP contribution in [0, 0.1) is 0 Å². The van der Waals surface area contributed by atoms with Crippen LogP contribution in [0.25, 0.3) is 0 Å². The molecule has 1 atom stereocenters. The quantitative estimate of drug-likeness (QED) is 0.562. The molecule has 2 rings (SSSR count). The molecule has 1 heterocycles. The summed E-state index contributed by atoms with van der Waals surface area (Å²) in [5.74, 6) is 1.91. The van der Waals surface area contributed by atoms with Crippen molar-refractivity contribution in [2.45, 2.75) is 38.8 Å². The average molecular weight is 334 g/mol. The van der Waals surface area contributed by atoms with E-state index >= 15 is 0 Å². The van der Waals surface area contributed by atoms with Crippen molar-refractivity contribution >= 4 is 5.96 Å². The normalized spacial score (nSPS) is 16.9. The number of guanidine groups is 1. The maximum atomic E-state index is 6.01. The van der Waals surface area contributed by atoms with Crippen molar-refractivity contribution in [3.8, 4) is 11.5 Å². The van der Waals surface area contributed by atoms with Gasteiger partial charge in [0.25, 0.3) is 0 Å². The van der Waals surface area contributed by atoms with E-state index < -0.39 is 0 Å². The minimum Gasteiger partial charge on any atom is -0.493 e. The van der Waals surface area contributed by atoms with Crippen molar-refractivity contribution in [1.29, 1.82) is 0 Å². The number of aliphatic imine (C=N–C) groups is 1. The highest BCUT2D eigenvalue weighted by atomic mass is 16.5. The van der Waals surface area contributed by atoms with E-state index in [1.807, 2.05) is 18.2 Å². The molecular weight excluding hydrogens is 304 g/mol. The van der Waals surface area contributed by atoms with Crippen LogP contribution in [0.4, 0.5) is 0 Å². The molecule has 1 fully saturated rings. The number of ether oxygens (including phenoxy) is 2. The van der Waals surface area contributed by atoms with E-state index in [0.29, 0.717) is 30.0 Å². The maximum absolute atomic E-state index is 6.01. The van der Waals surface area contributed by atoms with Crippen LogP contribution in [0.5, 0.6) is 11.5 Å². The largest absolute Gasteiger partial charge is 0.493 e. The predicted molar refractivity (Wildman–Crippen MR) is 97.8 cm³/mol. The monoisotopic (exact) mass is 334 g/mol. The van der Waals surface area contributed by atoms with Crippen molar-refractivity contribution in [2.75, 3.05) is 33.9 Å². The summed E-state index contributed by atoms with van der Waals surface area (Å²) < 4.78 is 10.5. The number of hydrogen-bond acceptors (Lipinski definition) is 4. The van der Waals surface area contributed by atoms with Gasteiger partial charge in [-0.25, -0.2) is 4.99 Å². The topological polar surface area (TPSA) is 72.1 Å². The Morgan fingerprint density at radius 3 is 2.58 bits per heavy atom. The van der Waals surface area contributed by atoms with E-state index in [-0.39, 0.29) is 0 Å². The van der Waals surface area contributed by atoms with Gasteiger partial charge in [0.1, 0.15) is 0 Å². The number of nitrogens with one attached hydrogen (secondary N) is 1. The summed E-state index contributed by atoms with van der Waals surface area (Å²) in [6.07, 6.45) is 3.73. The number of nitrogens with two attached hydrogens (primary N) is 1. The Labute approximate surface area is 145 Å². The molecule has 0 saturated carbocycles. The zero-order chi connectivity index (χ0) is 17.4. The first-order chi connectivity index (χ1) is 11.7. The maximum Gasteiger partial charge on any atom is 0.188 e. The van der Waals surface area contributed by atoms with Gasteiger partial charge in [0, 0.05) is 12.6 Å². The Balaban J connectivity index is 1.86. The van der Waals surface area contributed by atoms with Crippen LogP contribution in [0.15, 0.2) is 23.2 Å². The van der Waals surface area contributed by atoms with Crippen LogP contribution in [-0.4, -0.2) is 50.8 Å². The first-order valence-corrected chi connectivity index (χ1v) is 8.66. The molecule has 1 aromatic carbocycles. The van der Waals surface area contributed by atoms with Gasteiger partial charge >= 0.3 is 0 Å². The summed E-state index contributed by atoms with van der Waals surface area (Å²) in [5, 5.41) is 3.26. The Bertz CT molecular complexity index is 542. The highest BCUT2D eigenvalue weighted by molar-refractivity contribution is 5.77. The van der Waals surface area contributed by atoms with Gasteiger partial charge < -0.3 is 20.5 Å². The molecule has 1 unspecified atom stereocenters. The summed E-state index contributed by atoms with van der Waals surface area (Å²) in [6, 6.07) is 6.31. The molecule has 24 heavy (non-hydrogen) atoms. The minimum atomic E-state index is 0.488. The van der Waals surface area contributed by atoms with Gasteiger partial charge in [0.15, 0.2) is 17.5 Å². The Morgan fingerprint density at radius 2 is 1.96 bits per heavy atom. The summed E-state index contributed by atoms with van der Waals surface area (Å²) in [7, 11) is 3.26. The molecule has 0 aliphatic carbocycles. The molecule has 0 radical (unpaired) electrons. The standard InChI is InChI=1S/C18H30N4O2/c1-4-15(22-9-5-6-10-22)13-21-18(19)20-12-14-7-8-16(23-2)17(11-14)24-3/h7-8,11,15H,4-6,9-10,12-13H2,1-3H3,(H3,19,20,21). The lowest BCUT2D eigenvalue weighted by Crippen LogP contribution is -2.44. The number of methoxy groups -OCH3 is 2. The number of hydrogen-bond donors (Lipinski definition) is 2. The van der Waals surface area contributed by atoms with Crippen LogP contribution in [0.1, 0.15) is 31.7 Å². The number of likely N-dealkylation sites (tertiary alicyclic amines) is 1. The lowest BCUT2D eigenvalue weighted by Gasteiger charge is -2.26. The van der Waals surface area contributed by atoms with Crippen molar-refractivity contribution < 1.29 is 9.47 Å². The van der Waals surface area contributed by atoms with Gasteiger partial charge in [0.2, 0.25) is 0 Å². The van der Waals surface area contributed by atoms with Crippen molar-refractivity contribution in [3.63, 3.8) is 0 Å². The second-order valence-electron chi connectivity index (χ2n) is 6.08. The fourth-order valence-corrected chi connectivity index (χ4v) is 3.07. The molecule has 0 aromatic heterocycles. The smallest absolute Gasteiger partial charge is 0.188 e. The van der Waals surface area contributed by atoms with Crippen molar-refractivity contribution in [3.05, 3.63) is 23.8 Å². The van der Waals surface area contributed by atoms with Crippen LogP contribution < -0.4 is 20.5 Å². The molecule has 6 nitrogen and oxygen atoms in total. The van der Waals surface area contributed by atoms with E-state index in [1.165, 1.54) is 25.9 Å². The molecule has 1 aliphatic heterocycles. The second-order valence-corrected chi connectivity index (χ2v) is 6.08. The van der Waals surface area contributed by atoms with E-state index in [2.05, 4.69) is 22.1 Å². The van der Waals surface area contributed by atoms with Crippen LogP contribution in [-0.2, 0) is 6.54 Å². The number of rotatable bonds is 8. The molecule has 1 aliphatic rings. The first-order valence-electron chi connectivity index (χ1n) is 8.66. The third-order valence-electron chi connectivity index (χ3n) is 4.53. The Morgan fingerprint density at radius 1 is 1.25 bits per heavy atom. The molecule has 1 saturated heterocycles. The van der Waals surface area contributed by atoms with Crippen LogP contribution in [0.3, 0.4) is 0 Å². The number of benzene rings is 1. The van der Waals surface area contributed by atoms with Gasteiger partial charge in [-0.1, -0.05) is 13.0 Å². The highest BCUT2D eigenvalue weighted by Crippen LogP contribution is 2.27. The molecular formula is C18H30N4O2. The van der Waals surface area contributed by atoms with Crippen LogP contribution >= 0.6 is 0 Å². The third-order valence-corrected chi connectivity index (χ3v) is 4.53. The SMILES string of the molecule is CCC(CNC(N)=NCc1ccc(OC)c(OC)c1)N1CCCC1. The average Bonchev–Trinajstić information content (AvgIpc) is 3.14. The molecule has 6 heteroatoms. The van der Waals surface area contributed by atoms with Gasteiger partial charge in [-0.05, 0) is 50.0 Å². The van der Waals surface area contributed by atoms with Gasteiger partial charge in [-0.3, -0.25) is 4.90 Å². The molecule has 134 valence electrons. The molecule has 0 spiro atoms. The summed E-state index contributed by atoms with van der Waals surface area (Å²) >= 11 is 0. The summed E-state index contributed by atoms with van der Waals surface area (Å²) in [6.45, 7) is 5.98. The first kappa shape index (κ1) is 18.4. The fraction of sp³-hybridized carbons (Fsp3) is 0.611. The zero-order valence-corrected chi connectivity index (χ0v) is 15.0.